The average Bonchev–Trinajstić information content (AvgIpc) is 2.38. The number of nitrogens with one attached hydrogen (secondary N) is 1. The molecule has 21 heavy (non-hydrogen) atoms. The molecule has 0 unspecified atom stereocenters. The van der Waals surface area contributed by atoms with Crippen LogP contribution >= 0.6 is 0 Å². The minimum Gasteiger partial charge on any atom is -0.480 e. The highest BCUT2D eigenvalue weighted by Crippen LogP contribution is 2.25. The SMILES string of the molecule is CC[C@H](NS(=O)(=O)c1cc(C)c(C)c([N+](=O)[O-])c1)C(=O)O. The number of carboxylic acids is 1. The Labute approximate surface area is 122 Å². The van der Waals surface area contributed by atoms with Crippen LogP contribution in [0.2, 0.25) is 0 Å². The van der Waals surface area contributed by atoms with Gasteiger partial charge in [-0.15, -0.1) is 0 Å². The van der Waals surface area contributed by atoms with Crippen LogP contribution in [0.25, 0.3) is 0 Å². The monoisotopic (exact) mass is 316 g/mol. The molecule has 9 heteroatoms. The summed E-state index contributed by atoms with van der Waals surface area (Å²) in [4.78, 5) is 20.8. The van der Waals surface area contributed by atoms with Crippen molar-refractivity contribution in [2.45, 2.75) is 38.1 Å². The van der Waals surface area contributed by atoms with Crippen molar-refractivity contribution in [3.63, 3.8) is 0 Å². The number of hydrogen-bond acceptors (Lipinski definition) is 5. The Bertz CT molecular complexity index is 683. The number of nitro benzene ring substituents is 1. The van der Waals surface area contributed by atoms with Gasteiger partial charge >= 0.3 is 5.97 Å². The number of nitro groups is 1. The molecule has 1 atom stereocenters. The van der Waals surface area contributed by atoms with Gasteiger partial charge in [-0.1, -0.05) is 6.92 Å². The van der Waals surface area contributed by atoms with Crippen molar-refractivity contribution in [1.82, 2.24) is 4.72 Å². The van der Waals surface area contributed by atoms with Crippen molar-refractivity contribution >= 4 is 21.7 Å². The van der Waals surface area contributed by atoms with Crippen molar-refractivity contribution < 1.29 is 23.2 Å². The van der Waals surface area contributed by atoms with E-state index in [1.807, 2.05) is 4.72 Å². The first kappa shape index (κ1) is 17.1. The lowest BCUT2D eigenvalue weighted by atomic mass is 10.1. The third kappa shape index (κ3) is 3.76. The number of aliphatic carboxylic acids is 1. The summed E-state index contributed by atoms with van der Waals surface area (Å²) in [5.74, 6) is -1.31. The first-order valence-corrected chi connectivity index (χ1v) is 7.59. The molecule has 0 heterocycles. The lowest BCUT2D eigenvalue weighted by Crippen LogP contribution is -2.40. The molecule has 1 rings (SSSR count). The van der Waals surface area contributed by atoms with E-state index in [1.165, 1.54) is 19.9 Å². The molecule has 8 nitrogen and oxygen atoms in total. The normalized spacial score (nSPS) is 12.9. The van der Waals surface area contributed by atoms with Crippen molar-refractivity contribution in [3.8, 4) is 0 Å². The molecule has 0 saturated carbocycles. The second kappa shape index (κ2) is 6.19. The molecule has 0 aliphatic heterocycles. The summed E-state index contributed by atoms with van der Waals surface area (Å²) in [7, 11) is -4.15. The largest absolute Gasteiger partial charge is 0.480 e. The maximum atomic E-state index is 12.1. The summed E-state index contributed by atoms with van der Waals surface area (Å²) in [6.45, 7) is 4.59. The molecule has 0 amide bonds. The van der Waals surface area contributed by atoms with Gasteiger partial charge in [-0.05, 0) is 31.9 Å². The lowest BCUT2D eigenvalue weighted by Gasteiger charge is -2.13. The van der Waals surface area contributed by atoms with Crippen LogP contribution in [0.15, 0.2) is 17.0 Å². The van der Waals surface area contributed by atoms with Crippen LogP contribution in [0, 0.1) is 24.0 Å². The molecule has 0 saturated heterocycles. The Morgan fingerprint density at radius 1 is 1.43 bits per heavy atom. The molecule has 2 N–H and O–H groups in total. The van der Waals surface area contributed by atoms with Crippen LogP contribution in [0.1, 0.15) is 24.5 Å². The van der Waals surface area contributed by atoms with Gasteiger partial charge < -0.3 is 5.11 Å². The number of nitrogens with zero attached hydrogens (tertiary/aromatic N) is 1. The van der Waals surface area contributed by atoms with Crippen molar-refractivity contribution in [2.24, 2.45) is 0 Å². The Morgan fingerprint density at radius 2 is 2.00 bits per heavy atom. The molecule has 0 aliphatic rings. The molecule has 0 aromatic heterocycles. The van der Waals surface area contributed by atoms with E-state index in [4.69, 9.17) is 5.11 Å². The van der Waals surface area contributed by atoms with Gasteiger partial charge in [0.1, 0.15) is 6.04 Å². The first-order valence-electron chi connectivity index (χ1n) is 6.11. The van der Waals surface area contributed by atoms with Crippen LogP contribution in [0.5, 0.6) is 0 Å². The summed E-state index contributed by atoms with van der Waals surface area (Å²) in [6.07, 6.45) is 0.0570. The highest BCUT2D eigenvalue weighted by molar-refractivity contribution is 7.89. The molecule has 0 aliphatic carbocycles. The van der Waals surface area contributed by atoms with E-state index in [1.54, 1.807) is 6.92 Å². The van der Waals surface area contributed by atoms with Gasteiger partial charge in [0.25, 0.3) is 5.69 Å². The number of carbonyl (C=O) groups is 1. The molecule has 0 bridgehead atoms. The lowest BCUT2D eigenvalue weighted by molar-refractivity contribution is -0.385. The van der Waals surface area contributed by atoms with E-state index in [-0.39, 0.29) is 17.0 Å². The predicted molar refractivity (Wildman–Crippen MR) is 74.6 cm³/mol. The van der Waals surface area contributed by atoms with Crippen molar-refractivity contribution in [3.05, 3.63) is 33.4 Å². The fourth-order valence-corrected chi connectivity index (χ4v) is 3.09. The zero-order valence-corrected chi connectivity index (χ0v) is 12.6. The van der Waals surface area contributed by atoms with Gasteiger partial charge in [-0.25, -0.2) is 8.42 Å². The zero-order valence-electron chi connectivity index (χ0n) is 11.8. The average molecular weight is 316 g/mol. The molecule has 1 aromatic carbocycles. The number of hydrogen-bond donors (Lipinski definition) is 2. The highest BCUT2D eigenvalue weighted by Gasteiger charge is 2.26. The Hall–Kier alpha value is -2.00. The van der Waals surface area contributed by atoms with Crippen LogP contribution < -0.4 is 4.72 Å². The third-order valence-corrected chi connectivity index (χ3v) is 4.58. The number of aryl methyl sites for hydroxylation is 1. The van der Waals surface area contributed by atoms with Gasteiger partial charge in [0.05, 0.1) is 9.82 Å². The first-order chi connectivity index (χ1) is 9.60. The molecular weight excluding hydrogens is 300 g/mol. The Morgan fingerprint density at radius 3 is 2.43 bits per heavy atom. The minimum atomic E-state index is -4.15. The van der Waals surface area contributed by atoms with E-state index in [0.29, 0.717) is 11.1 Å². The quantitative estimate of drug-likeness (QED) is 0.602. The van der Waals surface area contributed by atoms with E-state index in [9.17, 15) is 23.3 Å². The van der Waals surface area contributed by atoms with E-state index < -0.39 is 27.0 Å². The summed E-state index contributed by atoms with van der Waals surface area (Å²) < 4.78 is 26.3. The van der Waals surface area contributed by atoms with Crippen LogP contribution in [0.3, 0.4) is 0 Å². The topological polar surface area (TPSA) is 127 Å². The van der Waals surface area contributed by atoms with Gasteiger partial charge in [0.2, 0.25) is 10.0 Å². The van der Waals surface area contributed by atoms with Crippen molar-refractivity contribution in [2.75, 3.05) is 0 Å². The fraction of sp³-hybridized carbons (Fsp3) is 0.417. The number of rotatable bonds is 6. The molecule has 0 spiro atoms. The summed E-state index contributed by atoms with van der Waals surface area (Å²) in [5, 5.41) is 19.8. The molecule has 0 radical (unpaired) electrons. The van der Waals surface area contributed by atoms with Gasteiger partial charge in [-0.2, -0.15) is 4.72 Å². The molecule has 116 valence electrons. The number of carboxylic acid groups (broad SMARTS) is 1. The van der Waals surface area contributed by atoms with Gasteiger partial charge in [0.15, 0.2) is 0 Å². The number of sulfonamides is 1. The predicted octanol–water partition coefficient (Wildman–Crippen LogP) is 1.35. The second-order valence-corrected chi connectivity index (χ2v) is 6.28. The Kier molecular flexibility index (Phi) is 5.02. The van der Waals surface area contributed by atoms with E-state index in [0.717, 1.165) is 6.07 Å². The zero-order chi connectivity index (χ0) is 16.4. The smallest absolute Gasteiger partial charge is 0.321 e. The number of benzene rings is 1. The summed E-state index contributed by atoms with van der Waals surface area (Å²) in [5.41, 5.74) is 0.482. The highest BCUT2D eigenvalue weighted by atomic mass is 32.2. The van der Waals surface area contributed by atoms with Gasteiger partial charge in [-0.3, -0.25) is 14.9 Å². The summed E-state index contributed by atoms with van der Waals surface area (Å²) in [6, 6.07) is 0.925. The molecule has 0 fully saturated rings. The van der Waals surface area contributed by atoms with Crippen molar-refractivity contribution in [1.29, 1.82) is 0 Å². The van der Waals surface area contributed by atoms with Gasteiger partial charge in [0, 0.05) is 11.6 Å². The fourth-order valence-electron chi connectivity index (χ4n) is 1.72. The van der Waals surface area contributed by atoms with E-state index >= 15 is 0 Å². The maximum Gasteiger partial charge on any atom is 0.321 e. The van der Waals surface area contributed by atoms with Crippen LogP contribution in [-0.4, -0.2) is 30.5 Å². The second-order valence-electron chi connectivity index (χ2n) is 4.56. The standard InChI is InChI=1S/C12H16N2O6S/c1-4-10(12(15)16)13-21(19,20)9-5-7(2)8(3)11(6-9)14(17)18/h5-6,10,13H,4H2,1-3H3,(H,15,16)/t10-/m0/s1. The van der Waals surface area contributed by atoms with Crippen LogP contribution in [0.4, 0.5) is 5.69 Å². The minimum absolute atomic E-state index is 0.0570. The van der Waals surface area contributed by atoms with E-state index in [2.05, 4.69) is 0 Å². The summed E-state index contributed by atoms with van der Waals surface area (Å²) >= 11 is 0. The third-order valence-electron chi connectivity index (χ3n) is 3.12. The Balaban J connectivity index is 3.32. The molecule has 1 aromatic rings. The maximum absolute atomic E-state index is 12.1. The molecular formula is C12H16N2O6S. The van der Waals surface area contributed by atoms with Crippen LogP contribution in [-0.2, 0) is 14.8 Å².